The highest BCUT2D eigenvalue weighted by atomic mass is 15.3. The number of fused-ring (bicyclic) bond motifs is 1. The molecule has 0 amide bonds. The van der Waals surface area contributed by atoms with Crippen LogP contribution in [0.4, 0.5) is 0 Å². The molecule has 0 N–H and O–H groups in total. The SMILES string of the molecule is Cn1cc(CN2C[C@@H]3CN(Cc4ccccn4)C[C@H]3C2)cn1. The molecule has 4 heterocycles. The van der Waals surface area contributed by atoms with E-state index in [-0.39, 0.29) is 0 Å². The van der Waals surface area contributed by atoms with Gasteiger partial charge in [0.15, 0.2) is 0 Å². The molecule has 2 aromatic rings. The third-order valence-electron chi connectivity index (χ3n) is 4.91. The quantitative estimate of drug-likeness (QED) is 0.854. The Labute approximate surface area is 131 Å². The predicted octanol–water partition coefficient (Wildman–Crippen LogP) is 1.38. The van der Waals surface area contributed by atoms with Gasteiger partial charge < -0.3 is 0 Å². The summed E-state index contributed by atoms with van der Waals surface area (Å²) in [5, 5.41) is 4.26. The fourth-order valence-corrected chi connectivity index (χ4v) is 3.98. The second kappa shape index (κ2) is 5.82. The minimum atomic E-state index is 0.820. The van der Waals surface area contributed by atoms with Crippen molar-refractivity contribution < 1.29 is 0 Å². The molecule has 22 heavy (non-hydrogen) atoms. The van der Waals surface area contributed by atoms with E-state index in [2.05, 4.69) is 38.2 Å². The van der Waals surface area contributed by atoms with E-state index in [0.29, 0.717) is 0 Å². The Morgan fingerprint density at radius 2 is 1.77 bits per heavy atom. The average Bonchev–Trinajstić information content (AvgIpc) is 3.16. The second-order valence-corrected chi connectivity index (χ2v) is 6.75. The van der Waals surface area contributed by atoms with Crippen molar-refractivity contribution >= 4 is 0 Å². The Hall–Kier alpha value is -1.72. The van der Waals surface area contributed by atoms with Crippen LogP contribution >= 0.6 is 0 Å². The zero-order valence-electron chi connectivity index (χ0n) is 13.1. The molecule has 0 bridgehead atoms. The Balaban J connectivity index is 1.31. The van der Waals surface area contributed by atoms with Crippen LogP contribution in [-0.2, 0) is 20.1 Å². The van der Waals surface area contributed by atoms with Gasteiger partial charge in [-0.3, -0.25) is 19.5 Å². The Morgan fingerprint density at radius 3 is 2.36 bits per heavy atom. The van der Waals surface area contributed by atoms with Crippen LogP contribution in [0.3, 0.4) is 0 Å². The van der Waals surface area contributed by atoms with Crippen molar-refractivity contribution in [3.63, 3.8) is 0 Å². The largest absolute Gasteiger partial charge is 0.298 e. The second-order valence-electron chi connectivity index (χ2n) is 6.75. The summed E-state index contributed by atoms with van der Waals surface area (Å²) in [5.74, 6) is 1.64. The van der Waals surface area contributed by atoms with Crippen molar-refractivity contribution in [1.29, 1.82) is 0 Å². The lowest BCUT2D eigenvalue weighted by atomic mass is 10.0. The Morgan fingerprint density at radius 1 is 1.05 bits per heavy atom. The van der Waals surface area contributed by atoms with E-state index in [9.17, 15) is 0 Å². The molecule has 0 aliphatic carbocycles. The molecule has 4 rings (SSSR count). The number of rotatable bonds is 4. The first kappa shape index (κ1) is 13.9. The van der Waals surface area contributed by atoms with Crippen LogP contribution in [0.25, 0.3) is 0 Å². The first-order valence-electron chi connectivity index (χ1n) is 8.08. The van der Waals surface area contributed by atoms with E-state index < -0.39 is 0 Å². The lowest BCUT2D eigenvalue weighted by Gasteiger charge is -2.20. The van der Waals surface area contributed by atoms with Crippen LogP contribution in [0.1, 0.15) is 11.3 Å². The van der Waals surface area contributed by atoms with E-state index in [0.717, 1.165) is 24.9 Å². The summed E-state index contributed by atoms with van der Waals surface area (Å²) in [5.41, 5.74) is 2.52. The molecule has 2 saturated heterocycles. The van der Waals surface area contributed by atoms with Crippen molar-refractivity contribution in [3.05, 3.63) is 48.0 Å². The summed E-state index contributed by atoms with van der Waals surface area (Å²) in [6, 6.07) is 6.19. The Kier molecular flexibility index (Phi) is 3.68. The van der Waals surface area contributed by atoms with E-state index >= 15 is 0 Å². The van der Waals surface area contributed by atoms with Gasteiger partial charge in [0.05, 0.1) is 11.9 Å². The Bertz CT molecular complexity index is 609. The van der Waals surface area contributed by atoms with Crippen LogP contribution in [0.2, 0.25) is 0 Å². The summed E-state index contributed by atoms with van der Waals surface area (Å²) < 4.78 is 1.89. The van der Waals surface area contributed by atoms with Crippen molar-refractivity contribution in [2.75, 3.05) is 26.2 Å². The molecule has 0 spiro atoms. The molecule has 2 atom stereocenters. The summed E-state index contributed by atoms with van der Waals surface area (Å²) in [4.78, 5) is 9.60. The third-order valence-corrected chi connectivity index (χ3v) is 4.91. The van der Waals surface area contributed by atoms with Gasteiger partial charge in [-0.05, 0) is 24.0 Å². The maximum Gasteiger partial charge on any atom is 0.0543 e. The van der Waals surface area contributed by atoms with Gasteiger partial charge in [0.1, 0.15) is 0 Å². The number of nitrogens with zero attached hydrogens (tertiary/aromatic N) is 5. The highest BCUT2D eigenvalue weighted by Crippen LogP contribution is 2.32. The smallest absolute Gasteiger partial charge is 0.0543 e. The standard InChI is InChI=1S/C17H23N5/c1-20-7-14(6-19-20)8-21-9-15-11-22(12-16(15)10-21)13-17-4-2-3-5-18-17/h2-7,15-16H,8-13H2,1H3/t15-,16-/m1/s1. The van der Waals surface area contributed by atoms with Crippen LogP contribution in [0.5, 0.6) is 0 Å². The molecule has 116 valence electrons. The summed E-state index contributed by atoms with van der Waals surface area (Å²) in [6.45, 7) is 6.91. The maximum absolute atomic E-state index is 4.45. The molecule has 5 nitrogen and oxygen atoms in total. The van der Waals surface area contributed by atoms with Crippen LogP contribution in [0.15, 0.2) is 36.8 Å². The highest BCUT2D eigenvalue weighted by molar-refractivity contribution is 5.07. The van der Waals surface area contributed by atoms with Gasteiger partial charge in [0.2, 0.25) is 0 Å². The van der Waals surface area contributed by atoms with Gasteiger partial charge in [-0.1, -0.05) is 6.07 Å². The van der Waals surface area contributed by atoms with Gasteiger partial charge in [0.25, 0.3) is 0 Å². The highest BCUT2D eigenvalue weighted by Gasteiger charge is 2.39. The monoisotopic (exact) mass is 297 g/mol. The number of hydrogen-bond donors (Lipinski definition) is 0. The van der Waals surface area contributed by atoms with E-state index in [1.807, 2.05) is 30.2 Å². The van der Waals surface area contributed by atoms with Gasteiger partial charge in [0, 0.05) is 64.3 Å². The van der Waals surface area contributed by atoms with Gasteiger partial charge in [-0.2, -0.15) is 5.10 Å². The number of hydrogen-bond acceptors (Lipinski definition) is 4. The molecule has 0 unspecified atom stereocenters. The van der Waals surface area contributed by atoms with Gasteiger partial charge >= 0.3 is 0 Å². The summed E-state index contributed by atoms with van der Waals surface area (Å²) in [6.07, 6.45) is 6.00. The first-order chi connectivity index (χ1) is 10.8. The lowest BCUT2D eigenvalue weighted by Crippen LogP contribution is -2.28. The topological polar surface area (TPSA) is 37.2 Å². The minimum Gasteiger partial charge on any atom is -0.298 e. The van der Waals surface area contributed by atoms with Crippen molar-refractivity contribution in [3.8, 4) is 0 Å². The molecular weight excluding hydrogens is 274 g/mol. The van der Waals surface area contributed by atoms with E-state index in [1.165, 1.54) is 37.4 Å². The molecular formula is C17H23N5. The molecule has 2 aliphatic rings. The van der Waals surface area contributed by atoms with E-state index in [4.69, 9.17) is 0 Å². The summed E-state index contributed by atoms with van der Waals surface area (Å²) in [7, 11) is 1.98. The van der Waals surface area contributed by atoms with E-state index in [1.54, 1.807) is 0 Å². The molecule has 0 aromatic carbocycles. The fraction of sp³-hybridized carbons (Fsp3) is 0.529. The van der Waals surface area contributed by atoms with Crippen LogP contribution < -0.4 is 0 Å². The number of likely N-dealkylation sites (tertiary alicyclic amines) is 2. The van der Waals surface area contributed by atoms with Gasteiger partial charge in [-0.15, -0.1) is 0 Å². The average molecular weight is 297 g/mol. The number of aryl methyl sites for hydroxylation is 1. The molecule has 5 heteroatoms. The van der Waals surface area contributed by atoms with Gasteiger partial charge in [-0.25, -0.2) is 0 Å². The predicted molar refractivity (Wildman–Crippen MR) is 85.0 cm³/mol. The van der Waals surface area contributed by atoms with Crippen molar-refractivity contribution in [2.45, 2.75) is 13.1 Å². The number of pyridine rings is 1. The molecule has 2 aromatic heterocycles. The summed E-state index contributed by atoms with van der Waals surface area (Å²) >= 11 is 0. The first-order valence-corrected chi connectivity index (χ1v) is 8.08. The molecule has 0 saturated carbocycles. The fourth-order valence-electron chi connectivity index (χ4n) is 3.98. The number of aromatic nitrogens is 3. The lowest BCUT2D eigenvalue weighted by molar-refractivity contribution is 0.245. The van der Waals surface area contributed by atoms with Crippen LogP contribution in [0, 0.1) is 11.8 Å². The third kappa shape index (κ3) is 2.91. The maximum atomic E-state index is 4.45. The minimum absolute atomic E-state index is 0.820. The normalized spacial score (nSPS) is 25.7. The zero-order chi connectivity index (χ0) is 14.9. The molecule has 0 radical (unpaired) electrons. The zero-order valence-corrected chi connectivity index (χ0v) is 13.1. The molecule has 2 aliphatic heterocycles. The van der Waals surface area contributed by atoms with Crippen LogP contribution in [-0.4, -0.2) is 50.7 Å². The van der Waals surface area contributed by atoms with Crippen molar-refractivity contribution in [2.24, 2.45) is 18.9 Å². The molecule has 2 fully saturated rings. The van der Waals surface area contributed by atoms with Crippen molar-refractivity contribution in [1.82, 2.24) is 24.6 Å².